The number of hydrogen-bond acceptors (Lipinski definition) is 2. The van der Waals surface area contributed by atoms with E-state index in [-0.39, 0.29) is 5.56 Å². The fourth-order valence-corrected chi connectivity index (χ4v) is 1.95. The molecule has 3 N–H and O–H groups in total. The molecule has 84 valence electrons. The lowest BCUT2D eigenvalue weighted by molar-refractivity contribution is -0.0713. The van der Waals surface area contributed by atoms with Gasteiger partial charge in [-0.25, -0.2) is 8.78 Å². The second-order valence-corrected chi connectivity index (χ2v) is 4.83. The summed E-state index contributed by atoms with van der Waals surface area (Å²) in [6, 6.07) is 3.29. The molecular weight excluding hydrogens is 336 g/mol. The Kier molecular flexibility index (Phi) is 4.22. The summed E-state index contributed by atoms with van der Waals surface area (Å²) in [7, 11) is 0. The van der Waals surface area contributed by atoms with Crippen LogP contribution in [0.15, 0.2) is 27.1 Å². The number of nitrogens with two attached hydrogens (primary N) is 1. The van der Waals surface area contributed by atoms with Crippen molar-refractivity contribution < 1.29 is 13.9 Å². The summed E-state index contributed by atoms with van der Waals surface area (Å²) in [5.41, 5.74) is 5.65. The first-order valence-electron chi connectivity index (χ1n) is 4.07. The third kappa shape index (κ3) is 2.96. The molecule has 0 aliphatic carbocycles. The van der Waals surface area contributed by atoms with Gasteiger partial charge in [0.25, 0.3) is 5.92 Å². The molecule has 0 spiro atoms. The van der Waals surface area contributed by atoms with E-state index in [1.54, 1.807) is 12.1 Å². The van der Waals surface area contributed by atoms with Crippen molar-refractivity contribution in [3.63, 3.8) is 0 Å². The molecular formula is C9H9Br2F2NO. The van der Waals surface area contributed by atoms with E-state index in [0.717, 1.165) is 0 Å². The molecule has 1 rings (SSSR count). The first-order chi connectivity index (χ1) is 6.88. The maximum absolute atomic E-state index is 13.1. The lowest BCUT2D eigenvalue weighted by atomic mass is 10.0. The monoisotopic (exact) mass is 343 g/mol. The number of benzene rings is 1. The second kappa shape index (κ2) is 4.86. The number of hydrogen-bond donors (Lipinski definition) is 2. The first kappa shape index (κ1) is 13.0. The van der Waals surface area contributed by atoms with Crippen molar-refractivity contribution in [3.05, 3.63) is 32.7 Å². The van der Waals surface area contributed by atoms with Crippen molar-refractivity contribution in [3.8, 4) is 0 Å². The van der Waals surface area contributed by atoms with Crippen LogP contribution in [0.5, 0.6) is 0 Å². The van der Waals surface area contributed by atoms with Gasteiger partial charge in [-0.3, -0.25) is 0 Å². The zero-order valence-electron chi connectivity index (χ0n) is 7.55. The van der Waals surface area contributed by atoms with Crippen LogP contribution in [-0.4, -0.2) is 17.6 Å². The van der Waals surface area contributed by atoms with E-state index in [0.29, 0.717) is 8.95 Å². The van der Waals surface area contributed by atoms with Gasteiger partial charge in [-0.15, -0.1) is 0 Å². The topological polar surface area (TPSA) is 46.2 Å². The van der Waals surface area contributed by atoms with Gasteiger partial charge >= 0.3 is 0 Å². The highest BCUT2D eigenvalue weighted by Gasteiger charge is 2.38. The fourth-order valence-electron chi connectivity index (χ4n) is 1.08. The molecule has 2 nitrogen and oxygen atoms in total. The zero-order chi connectivity index (χ0) is 11.6. The summed E-state index contributed by atoms with van der Waals surface area (Å²) in [6.07, 6.45) is 0. The average molecular weight is 345 g/mol. The van der Waals surface area contributed by atoms with Crippen LogP contribution in [0, 0.1) is 0 Å². The first-order valence-corrected chi connectivity index (χ1v) is 5.66. The molecule has 0 radical (unpaired) electrons. The summed E-state index contributed by atoms with van der Waals surface area (Å²) in [4.78, 5) is 0. The molecule has 0 saturated carbocycles. The van der Waals surface area contributed by atoms with Gasteiger partial charge in [0.15, 0.2) is 0 Å². The quantitative estimate of drug-likeness (QED) is 0.885. The third-order valence-electron chi connectivity index (χ3n) is 1.96. The Morgan fingerprint density at radius 3 is 2.53 bits per heavy atom. The Hall–Kier alpha value is -0.0400. The van der Waals surface area contributed by atoms with Gasteiger partial charge in [-0.2, -0.15) is 0 Å². The van der Waals surface area contributed by atoms with Gasteiger partial charge in [0.05, 0.1) is 6.04 Å². The number of alkyl halides is 2. The van der Waals surface area contributed by atoms with E-state index >= 15 is 0 Å². The minimum atomic E-state index is -3.33. The van der Waals surface area contributed by atoms with Crippen molar-refractivity contribution >= 4 is 31.9 Å². The predicted molar refractivity (Wildman–Crippen MR) is 60.8 cm³/mol. The van der Waals surface area contributed by atoms with Gasteiger partial charge in [-0.05, 0) is 23.8 Å². The van der Waals surface area contributed by atoms with Crippen molar-refractivity contribution in [2.75, 3.05) is 6.61 Å². The van der Waals surface area contributed by atoms with E-state index in [2.05, 4.69) is 31.9 Å². The normalized spacial score (nSPS) is 14.0. The number of aliphatic hydroxyl groups excluding tert-OH is 1. The van der Waals surface area contributed by atoms with Crippen LogP contribution in [0.2, 0.25) is 0 Å². The van der Waals surface area contributed by atoms with Crippen molar-refractivity contribution in [1.82, 2.24) is 0 Å². The molecule has 6 heteroatoms. The number of halogens is 4. The van der Waals surface area contributed by atoms with Gasteiger partial charge < -0.3 is 10.8 Å². The lowest BCUT2D eigenvalue weighted by Crippen LogP contribution is -2.36. The molecule has 0 bridgehead atoms. The maximum atomic E-state index is 13.1. The molecule has 0 aliphatic rings. The molecule has 0 heterocycles. The molecule has 0 aromatic heterocycles. The summed E-state index contributed by atoms with van der Waals surface area (Å²) in [5.74, 6) is -3.33. The van der Waals surface area contributed by atoms with Crippen LogP contribution in [0.25, 0.3) is 0 Å². The van der Waals surface area contributed by atoms with Crippen LogP contribution in [0.4, 0.5) is 8.78 Å². The summed E-state index contributed by atoms with van der Waals surface area (Å²) < 4.78 is 27.4. The molecule has 1 aromatic carbocycles. The highest BCUT2D eigenvalue weighted by Crippen LogP contribution is 2.34. The second-order valence-electron chi connectivity index (χ2n) is 3.06. The Balaban J connectivity index is 3.10. The molecule has 0 saturated heterocycles. The predicted octanol–water partition coefficient (Wildman–Crippen LogP) is 2.84. The Morgan fingerprint density at radius 2 is 2.00 bits per heavy atom. The van der Waals surface area contributed by atoms with Gasteiger partial charge in [0, 0.05) is 8.95 Å². The van der Waals surface area contributed by atoms with Crippen LogP contribution >= 0.6 is 31.9 Å². The molecule has 1 atom stereocenters. The summed E-state index contributed by atoms with van der Waals surface area (Å²) in [5, 5.41) is 8.53. The minimum absolute atomic E-state index is 0.253. The highest BCUT2D eigenvalue weighted by molar-refractivity contribution is 9.11. The van der Waals surface area contributed by atoms with E-state index in [1.165, 1.54) is 6.07 Å². The Bertz CT molecular complexity index is 360. The summed E-state index contributed by atoms with van der Waals surface area (Å²) >= 11 is 6.31. The maximum Gasteiger partial charge on any atom is 0.289 e. The van der Waals surface area contributed by atoms with Crippen LogP contribution in [0.3, 0.4) is 0 Å². The van der Waals surface area contributed by atoms with E-state index < -0.39 is 18.6 Å². The largest absolute Gasteiger partial charge is 0.390 e. The van der Waals surface area contributed by atoms with Gasteiger partial charge in [-0.1, -0.05) is 31.9 Å². The van der Waals surface area contributed by atoms with E-state index in [4.69, 9.17) is 10.8 Å². The Labute approximate surface area is 103 Å². The molecule has 1 aromatic rings. The van der Waals surface area contributed by atoms with Gasteiger partial charge in [0.2, 0.25) is 0 Å². The smallest absolute Gasteiger partial charge is 0.289 e. The molecule has 0 aliphatic heterocycles. The van der Waals surface area contributed by atoms with E-state index in [9.17, 15) is 8.78 Å². The van der Waals surface area contributed by atoms with Crippen molar-refractivity contribution in [2.24, 2.45) is 5.73 Å². The average Bonchev–Trinajstić information content (AvgIpc) is 2.20. The minimum Gasteiger partial charge on any atom is -0.390 e. The number of aliphatic hydroxyl groups is 1. The van der Waals surface area contributed by atoms with Crippen molar-refractivity contribution in [1.29, 1.82) is 0 Å². The fraction of sp³-hybridized carbons (Fsp3) is 0.333. The number of rotatable bonds is 3. The molecule has 15 heavy (non-hydrogen) atoms. The summed E-state index contributed by atoms with van der Waals surface area (Å²) in [6.45, 7) is -1.27. The third-order valence-corrected chi connectivity index (χ3v) is 3.17. The van der Waals surface area contributed by atoms with Crippen LogP contribution in [-0.2, 0) is 0 Å². The van der Waals surface area contributed by atoms with Crippen LogP contribution < -0.4 is 5.73 Å². The standard InChI is InChI=1S/C9H9Br2F2NO/c10-5-1-2-7(11)6(3-5)8(14)9(12,13)4-15/h1-3,8,15H,4,14H2/t8-/m0/s1. The van der Waals surface area contributed by atoms with E-state index in [1.807, 2.05) is 0 Å². The molecule has 0 unspecified atom stereocenters. The molecule has 0 amide bonds. The SMILES string of the molecule is N[C@@H](c1cc(Br)ccc1Br)C(F)(F)CO. The lowest BCUT2D eigenvalue weighted by Gasteiger charge is -2.22. The van der Waals surface area contributed by atoms with Crippen molar-refractivity contribution in [2.45, 2.75) is 12.0 Å². The van der Waals surface area contributed by atoms with Crippen LogP contribution in [0.1, 0.15) is 11.6 Å². The Morgan fingerprint density at radius 1 is 1.40 bits per heavy atom. The highest BCUT2D eigenvalue weighted by atomic mass is 79.9. The zero-order valence-corrected chi connectivity index (χ0v) is 10.7. The van der Waals surface area contributed by atoms with Gasteiger partial charge in [0.1, 0.15) is 6.61 Å². The molecule has 0 fully saturated rings.